The third-order valence-electron chi connectivity index (χ3n) is 6.89. The topological polar surface area (TPSA) is 0 Å². The molecule has 4 unspecified atom stereocenters. The first-order chi connectivity index (χ1) is 10.6. The maximum atomic E-state index is 2.48. The maximum absolute atomic E-state index is 2.48. The van der Waals surface area contributed by atoms with E-state index in [0.717, 1.165) is 22.6 Å². The van der Waals surface area contributed by atoms with Gasteiger partial charge in [-0.15, -0.1) is 0 Å². The first-order valence-corrected chi connectivity index (χ1v) is 13.2. The molecule has 3 heteroatoms. The monoisotopic (exact) mass is 396 g/mol. The Morgan fingerprint density at radius 1 is 0.522 bits per heavy atom. The first kappa shape index (κ1) is 20.7. The smallest absolute Gasteiger partial charge is 0 e. The Morgan fingerprint density at radius 2 is 0.783 bits per heavy atom. The van der Waals surface area contributed by atoms with Gasteiger partial charge in [0.05, 0.1) is 0 Å². The van der Waals surface area contributed by atoms with Crippen LogP contribution in [0.1, 0.15) is 91.9 Å². The van der Waals surface area contributed by atoms with Crippen molar-refractivity contribution in [3.05, 3.63) is 0 Å². The van der Waals surface area contributed by atoms with E-state index in [0.29, 0.717) is 15.8 Å². The van der Waals surface area contributed by atoms with Crippen molar-refractivity contribution < 1.29 is 17.1 Å². The van der Waals surface area contributed by atoms with Crippen molar-refractivity contribution in [1.29, 1.82) is 0 Å². The Hall–Kier alpha value is 1.38. The predicted octanol–water partition coefficient (Wildman–Crippen LogP) is 7.18. The van der Waals surface area contributed by atoms with Crippen LogP contribution in [0.2, 0.25) is 0 Å². The molecule has 2 saturated heterocycles. The normalized spacial score (nSPS) is 43.8. The van der Waals surface area contributed by atoms with Gasteiger partial charge in [-0.1, -0.05) is 69.2 Å². The molecule has 2 heterocycles. The number of rotatable bonds is 2. The zero-order valence-corrected chi connectivity index (χ0v) is 18.7. The standard InChI is InChI=1S/2C10H19P.Fe/c2*1-8-7-9(2)11(8)10-5-3-4-6-10;/h2*8-10H,3-7H2,1-2H3;/t2*8-,9?,11?;/m11./s1. The van der Waals surface area contributed by atoms with Crippen LogP contribution in [0.4, 0.5) is 0 Å². The van der Waals surface area contributed by atoms with Gasteiger partial charge in [-0.3, -0.25) is 0 Å². The SMILES string of the molecule is CC1C[C@@H](C)P1C1CCCC1.CC1C[C@@H](C)P1C1CCCC1.[Fe]. The van der Waals surface area contributed by atoms with Gasteiger partial charge in [0.2, 0.25) is 0 Å². The summed E-state index contributed by atoms with van der Waals surface area (Å²) < 4.78 is 0. The molecule has 2 saturated carbocycles. The summed E-state index contributed by atoms with van der Waals surface area (Å²) in [6.07, 6.45) is 15.5. The van der Waals surface area contributed by atoms with Crippen molar-refractivity contribution in [2.45, 2.75) is 126 Å². The van der Waals surface area contributed by atoms with Crippen molar-refractivity contribution in [2.24, 2.45) is 0 Å². The molecule has 0 radical (unpaired) electrons. The van der Waals surface area contributed by atoms with Crippen molar-refractivity contribution in [3.63, 3.8) is 0 Å². The summed E-state index contributed by atoms with van der Waals surface area (Å²) in [6, 6.07) is 0. The van der Waals surface area contributed by atoms with Gasteiger partial charge in [-0.05, 0) is 72.5 Å². The molecule has 4 fully saturated rings. The fourth-order valence-electron chi connectivity index (χ4n) is 5.91. The van der Waals surface area contributed by atoms with Crippen LogP contribution in [0.25, 0.3) is 0 Å². The fourth-order valence-corrected chi connectivity index (χ4v) is 13.9. The van der Waals surface area contributed by atoms with Crippen LogP contribution >= 0.6 is 15.8 Å². The van der Waals surface area contributed by atoms with E-state index in [1.54, 1.807) is 25.7 Å². The zero-order chi connectivity index (χ0) is 15.7. The summed E-state index contributed by atoms with van der Waals surface area (Å²) in [4.78, 5) is 0. The molecule has 0 amide bonds. The Labute approximate surface area is 158 Å². The second-order valence-electron chi connectivity index (χ2n) is 8.64. The van der Waals surface area contributed by atoms with E-state index >= 15 is 0 Å². The Kier molecular flexibility index (Phi) is 8.41. The summed E-state index contributed by atoms with van der Waals surface area (Å²) in [5.74, 6) is 0. The summed E-state index contributed by atoms with van der Waals surface area (Å²) >= 11 is 0. The summed E-state index contributed by atoms with van der Waals surface area (Å²) in [5, 5.41) is 0. The first-order valence-electron chi connectivity index (χ1n) is 10.1. The average molecular weight is 396 g/mol. The van der Waals surface area contributed by atoms with Crippen molar-refractivity contribution in [1.82, 2.24) is 0 Å². The maximum Gasteiger partial charge on any atom is 0 e. The predicted molar refractivity (Wildman–Crippen MR) is 105 cm³/mol. The average Bonchev–Trinajstić information content (AvgIpc) is 3.13. The number of hydrogen-bond acceptors (Lipinski definition) is 0. The van der Waals surface area contributed by atoms with Gasteiger partial charge in [0.1, 0.15) is 0 Å². The molecule has 0 nitrogen and oxygen atoms in total. The van der Waals surface area contributed by atoms with E-state index in [1.807, 2.05) is 0 Å². The minimum absolute atomic E-state index is 0. The van der Waals surface area contributed by atoms with Gasteiger partial charge in [-0.2, -0.15) is 0 Å². The van der Waals surface area contributed by atoms with Gasteiger partial charge < -0.3 is 0 Å². The number of hydrogen-bond donors (Lipinski definition) is 0. The summed E-state index contributed by atoms with van der Waals surface area (Å²) in [5.41, 5.74) is 6.82. The molecule has 0 aromatic heterocycles. The van der Waals surface area contributed by atoms with Gasteiger partial charge >= 0.3 is 0 Å². The van der Waals surface area contributed by atoms with E-state index < -0.39 is 0 Å². The van der Waals surface area contributed by atoms with Crippen LogP contribution in [0, 0.1) is 0 Å². The van der Waals surface area contributed by atoms with Crippen molar-refractivity contribution in [2.75, 3.05) is 0 Å². The quantitative estimate of drug-likeness (QED) is 0.343. The van der Waals surface area contributed by atoms with E-state index in [-0.39, 0.29) is 17.1 Å². The molecule has 0 aromatic rings. The van der Waals surface area contributed by atoms with Crippen molar-refractivity contribution >= 4 is 15.8 Å². The summed E-state index contributed by atoms with van der Waals surface area (Å²) in [6.45, 7) is 9.90. The van der Waals surface area contributed by atoms with Crippen LogP contribution in [0.15, 0.2) is 0 Å². The van der Waals surface area contributed by atoms with Gasteiger partial charge in [0.25, 0.3) is 0 Å². The van der Waals surface area contributed by atoms with E-state index in [9.17, 15) is 0 Å². The molecular weight excluding hydrogens is 358 g/mol. The molecule has 6 atom stereocenters. The molecule has 0 bridgehead atoms. The van der Waals surface area contributed by atoms with Crippen molar-refractivity contribution in [3.8, 4) is 0 Å². The van der Waals surface area contributed by atoms with E-state index in [1.165, 1.54) is 49.8 Å². The van der Waals surface area contributed by atoms with E-state index in [2.05, 4.69) is 27.7 Å². The minimum atomic E-state index is 0. The Balaban J connectivity index is 0.000000160. The second-order valence-corrected chi connectivity index (χ2v) is 15.4. The molecule has 0 spiro atoms. The van der Waals surface area contributed by atoms with Crippen LogP contribution in [-0.2, 0) is 17.1 Å². The Morgan fingerprint density at radius 3 is 1.00 bits per heavy atom. The third-order valence-corrected chi connectivity index (χ3v) is 14.5. The molecule has 0 aromatic carbocycles. The molecular formula is C20H38FeP2. The molecule has 2 aliphatic carbocycles. The van der Waals surface area contributed by atoms with Gasteiger partial charge in [0, 0.05) is 17.1 Å². The third kappa shape index (κ3) is 4.76. The Bertz CT molecular complexity index is 300. The second kappa shape index (κ2) is 9.35. The molecule has 136 valence electrons. The van der Waals surface area contributed by atoms with Crippen LogP contribution in [0.3, 0.4) is 0 Å². The zero-order valence-electron chi connectivity index (χ0n) is 15.8. The van der Waals surface area contributed by atoms with Crippen LogP contribution in [-0.4, -0.2) is 34.0 Å². The molecule has 2 aliphatic heterocycles. The molecule has 23 heavy (non-hydrogen) atoms. The minimum Gasteiger partial charge on any atom is -0.0977 e. The van der Waals surface area contributed by atoms with Crippen LogP contribution in [0.5, 0.6) is 0 Å². The van der Waals surface area contributed by atoms with Gasteiger partial charge in [-0.25, -0.2) is 0 Å². The fraction of sp³-hybridized carbons (Fsp3) is 1.00. The largest absolute Gasteiger partial charge is 0.0977 e. The van der Waals surface area contributed by atoms with Crippen LogP contribution < -0.4 is 0 Å². The molecule has 4 rings (SSSR count). The van der Waals surface area contributed by atoms with E-state index in [4.69, 9.17) is 0 Å². The molecule has 0 N–H and O–H groups in total. The van der Waals surface area contributed by atoms with Gasteiger partial charge in [0.15, 0.2) is 0 Å². The molecule has 4 aliphatic rings. The summed E-state index contributed by atoms with van der Waals surface area (Å²) in [7, 11) is 0.957.